The maximum absolute atomic E-state index is 13.1. The molecule has 1 fully saturated rings. The number of ketones is 1. The van der Waals surface area contributed by atoms with Crippen LogP contribution in [0.15, 0.2) is 78.9 Å². The second-order valence-electron chi connectivity index (χ2n) is 9.25. The van der Waals surface area contributed by atoms with E-state index in [1.54, 1.807) is 18.2 Å². The number of hydrogen-bond donors (Lipinski definition) is 3. The number of nitrogen functional groups attached to an aromatic ring is 1. The molecule has 1 saturated heterocycles. The summed E-state index contributed by atoms with van der Waals surface area (Å²) >= 11 is 0. The first-order valence-electron chi connectivity index (χ1n) is 12.6. The van der Waals surface area contributed by atoms with E-state index >= 15 is 0 Å². The van der Waals surface area contributed by atoms with Crippen molar-refractivity contribution in [2.75, 3.05) is 43.8 Å². The number of benzene rings is 3. The Morgan fingerprint density at radius 2 is 1.50 bits per heavy atom. The molecular weight excluding hydrogens is 480 g/mol. The highest BCUT2D eigenvalue weighted by Crippen LogP contribution is 2.29. The van der Waals surface area contributed by atoms with E-state index in [1.165, 1.54) is 11.1 Å². The van der Waals surface area contributed by atoms with Gasteiger partial charge in [-0.25, -0.2) is 5.10 Å². The lowest BCUT2D eigenvalue weighted by Crippen LogP contribution is -2.48. The third kappa shape index (κ3) is 5.77. The van der Waals surface area contributed by atoms with Crippen LogP contribution in [0.3, 0.4) is 0 Å². The Morgan fingerprint density at radius 3 is 2.11 bits per heavy atom. The van der Waals surface area contributed by atoms with Gasteiger partial charge in [0.25, 0.3) is 5.91 Å². The normalized spacial score (nSPS) is 14.4. The molecule has 0 spiro atoms. The van der Waals surface area contributed by atoms with E-state index in [-0.39, 0.29) is 29.0 Å². The summed E-state index contributed by atoms with van der Waals surface area (Å²) in [5.41, 5.74) is 9.48. The number of hydrogen-bond acceptors (Lipinski definition) is 8. The number of anilines is 2. The maximum Gasteiger partial charge on any atom is 0.260 e. The second kappa shape index (κ2) is 11.8. The van der Waals surface area contributed by atoms with Crippen molar-refractivity contribution in [1.82, 2.24) is 30.4 Å². The number of H-pyrrole nitrogens is 1. The number of nitrogens with zero attached hydrogens (tertiary/aromatic N) is 5. The predicted molar refractivity (Wildman–Crippen MR) is 145 cm³/mol. The molecule has 5 rings (SSSR count). The van der Waals surface area contributed by atoms with Gasteiger partial charge in [-0.15, -0.1) is 0 Å². The Morgan fingerprint density at radius 1 is 0.868 bits per heavy atom. The Labute approximate surface area is 220 Å². The van der Waals surface area contributed by atoms with Crippen molar-refractivity contribution in [3.63, 3.8) is 0 Å². The van der Waals surface area contributed by atoms with Crippen molar-refractivity contribution in [3.05, 3.63) is 101 Å². The Kier molecular flexibility index (Phi) is 7.81. The smallest absolute Gasteiger partial charge is 0.260 e. The topological polar surface area (TPSA) is 133 Å². The molecule has 194 valence electrons. The number of amides is 1. The average Bonchev–Trinajstić information content (AvgIpc) is 3.47. The molecule has 10 heteroatoms. The Hall–Kier alpha value is -4.41. The lowest BCUT2D eigenvalue weighted by atomic mass is 9.96. The van der Waals surface area contributed by atoms with Gasteiger partial charge in [0.2, 0.25) is 5.95 Å². The van der Waals surface area contributed by atoms with Gasteiger partial charge in [-0.2, -0.15) is 0 Å². The minimum absolute atomic E-state index is 0.0904. The lowest BCUT2D eigenvalue weighted by Gasteiger charge is -2.39. The number of carbonyl (C=O) groups excluding carboxylic acids is 2. The molecule has 38 heavy (non-hydrogen) atoms. The van der Waals surface area contributed by atoms with Gasteiger partial charge in [0.1, 0.15) is 0 Å². The van der Waals surface area contributed by atoms with Gasteiger partial charge in [-0.05, 0) is 33.7 Å². The molecule has 4 N–H and O–H groups in total. The van der Waals surface area contributed by atoms with E-state index in [0.29, 0.717) is 18.5 Å². The number of para-hydroxylation sites is 1. The second-order valence-corrected chi connectivity index (χ2v) is 9.25. The Bertz CT molecular complexity index is 1310. The first-order valence-corrected chi connectivity index (χ1v) is 12.6. The van der Waals surface area contributed by atoms with E-state index in [1.807, 2.05) is 12.1 Å². The third-order valence-electron chi connectivity index (χ3n) is 6.89. The lowest BCUT2D eigenvalue weighted by molar-refractivity contribution is 0.0893. The highest BCUT2D eigenvalue weighted by Gasteiger charge is 2.27. The standard InChI is InChI=1S/C28H30N8O2/c29-25-22(12-7-13-23(25)27(38)30-28-31-33-34-32-28)24(37)14-15-35-16-18-36(19-17-35)26(20-8-3-1-4-9-20)21-10-5-2-6-11-21/h1-13,26H,14-19,29H2,(H2,30,31,32,33,34,38). The summed E-state index contributed by atoms with van der Waals surface area (Å²) in [6, 6.07) is 26.3. The molecule has 0 saturated carbocycles. The number of nitrogens with one attached hydrogen (secondary N) is 2. The van der Waals surface area contributed by atoms with Crippen LogP contribution in [0.2, 0.25) is 0 Å². The van der Waals surface area contributed by atoms with Crippen LogP contribution in [0.4, 0.5) is 11.6 Å². The highest BCUT2D eigenvalue weighted by atomic mass is 16.2. The van der Waals surface area contributed by atoms with Crippen LogP contribution >= 0.6 is 0 Å². The zero-order valence-corrected chi connectivity index (χ0v) is 21.0. The molecule has 0 unspecified atom stereocenters. The van der Waals surface area contributed by atoms with Crippen LogP contribution in [0.25, 0.3) is 0 Å². The van der Waals surface area contributed by atoms with Gasteiger partial charge >= 0.3 is 0 Å². The predicted octanol–water partition coefficient (Wildman–Crippen LogP) is 3.01. The van der Waals surface area contributed by atoms with Crippen LogP contribution in [0.5, 0.6) is 0 Å². The van der Waals surface area contributed by atoms with E-state index in [4.69, 9.17) is 5.73 Å². The largest absolute Gasteiger partial charge is 0.397 e. The number of Topliss-reactive ketones (excluding diaryl/α,β-unsaturated/α-hetero) is 1. The minimum atomic E-state index is -0.488. The fraction of sp³-hybridized carbons (Fsp3) is 0.250. The van der Waals surface area contributed by atoms with Gasteiger partial charge in [0.05, 0.1) is 17.3 Å². The van der Waals surface area contributed by atoms with Crippen molar-refractivity contribution >= 4 is 23.3 Å². The summed E-state index contributed by atoms with van der Waals surface area (Å²) in [6.07, 6.45) is 0.322. The summed E-state index contributed by atoms with van der Waals surface area (Å²) in [5.74, 6) is -0.474. The zero-order valence-electron chi connectivity index (χ0n) is 21.0. The fourth-order valence-corrected chi connectivity index (χ4v) is 4.92. The molecule has 1 amide bonds. The summed E-state index contributed by atoms with van der Waals surface area (Å²) in [7, 11) is 0. The van der Waals surface area contributed by atoms with Gasteiger partial charge in [0, 0.05) is 44.7 Å². The summed E-state index contributed by atoms with van der Waals surface area (Å²) < 4.78 is 0. The van der Waals surface area contributed by atoms with Crippen molar-refractivity contribution in [3.8, 4) is 0 Å². The number of piperazine rings is 1. The molecule has 2 heterocycles. The average molecular weight is 511 g/mol. The van der Waals surface area contributed by atoms with E-state index in [0.717, 1.165) is 26.2 Å². The maximum atomic E-state index is 13.1. The van der Waals surface area contributed by atoms with E-state index < -0.39 is 5.91 Å². The van der Waals surface area contributed by atoms with Gasteiger partial charge in [0.15, 0.2) is 5.78 Å². The summed E-state index contributed by atoms with van der Waals surface area (Å²) in [5, 5.41) is 15.5. The van der Waals surface area contributed by atoms with Crippen molar-refractivity contribution < 1.29 is 9.59 Å². The first-order chi connectivity index (χ1) is 18.6. The Balaban J connectivity index is 1.19. The van der Waals surface area contributed by atoms with Crippen molar-refractivity contribution in [2.24, 2.45) is 0 Å². The molecule has 0 radical (unpaired) electrons. The van der Waals surface area contributed by atoms with Crippen LogP contribution in [0.1, 0.15) is 44.3 Å². The van der Waals surface area contributed by atoms with Crippen LogP contribution in [0, 0.1) is 0 Å². The quantitative estimate of drug-likeness (QED) is 0.231. The molecule has 0 aliphatic carbocycles. The molecule has 10 nitrogen and oxygen atoms in total. The molecular formula is C28H30N8O2. The number of rotatable bonds is 9. The van der Waals surface area contributed by atoms with E-state index in [2.05, 4.69) is 84.3 Å². The minimum Gasteiger partial charge on any atom is -0.397 e. The molecule has 1 aromatic heterocycles. The van der Waals surface area contributed by atoms with E-state index in [9.17, 15) is 9.59 Å². The molecule has 3 aromatic carbocycles. The monoisotopic (exact) mass is 510 g/mol. The van der Waals surface area contributed by atoms with Crippen molar-refractivity contribution in [2.45, 2.75) is 12.5 Å². The summed E-state index contributed by atoms with van der Waals surface area (Å²) in [4.78, 5) is 30.4. The number of carbonyl (C=O) groups is 2. The van der Waals surface area contributed by atoms with Crippen molar-refractivity contribution in [1.29, 1.82) is 0 Å². The number of nitrogens with two attached hydrogens (primary N) is 1. The zero-order chi connectivity index (χ0) is 26.3. The molecule has 0 bridgehead atoms. The number of aromatic amines is 1. The highest BCUT2D eigenvalue weighted by molar-refractivity contribution is 6.11. The summed E-state index contributed by atoms with van der Waals surface area (Å²) in [6.45, 7) is 4.17. The van der Waals surface area contributed by atoms with Crippen LogP contribution < -0.4 is 11.1 Å². The van der Waals surface area contributed by atoms with Gasteiger partial charge in [-0.1, -0.05) is 71.8 Å². The molecule has 1 aliphatic heterocycles. The number of tetrazole rings is 1. The third-order valence-corrected chi connectivity index (χ3v) is 6.89. The van der Waals surface area contributed by atoms with Crippen LogP contribution in [-0.4, -0.2) is 74.8 Å². The van der Waals surface area contributed by atoms with Gasteiger partial charge < -0.3 is 10.6 Å². The number of aromatic nitrogens is 4. The fourth-order valence-electron chi connectivity index (χ4n) is 4.92. The van der Waals surface area contributed by atoms with Crippen LogP contribution in [-0.2, 0) is 0 Å². The molecule has 4 aromatic rings. The van der Waals surface area contributed by atoms with Gasteiger partial charge in [-0.3, -0.25) is 19.8 Å². The molecule has 1 aliphatic rings. The first kappa shape index (κ1) is 25.2. The SMILES string of the molecule is Nc1c(C(=O)CCN2CCN(C(c3ccccc3)c3ccccc3)CC2)cccc1C(=O)Nc1nnn[nH]1. The molecule has 0 atom stereocenters.